The van der Waals surface area contributed by atoms with E-state index in [2.05, 4.69) is 21.2 Å². The molecule has 1 heterocycles. The van der Waals surface area contributed by atoms with Crippen LogP contribution >= 0.6 is 38.9 Å². The van der Waals surface area contributed by atoms with Crippen LogP contribution in [0.25, 0.3) is 16.5 Å². The first kappa shape index (κ1) is 19.4. The van der Waals surface area contributed by atoms with Gasteiger partial charge in [-0.3, -0.25) is 4.79 Å². The Bertz CT molecular complexity index is 1030. The molecule has 0 saturated heterocycles. The number of carboxylic acids is 1. The van der Waals surface area contributed by atoms with Crippen molar-refractivity contribution < 1.29 is 14.7 Å². The zero-order valence-corrected chi connectivity index (χ0v) is 16.9. The quantitative estimate of drug-likeness (QED) is 0.445. The molecular formula is C20H13BrClNO3S. The number of halogens is 2. The second kappa shape index (κ2) is 8.52. The number of nitrogens with one attached hydrogen (secondary N) is 1. The highest BCUT2D eigenvalue weighted by atomic mass is 79.9. The number of carbonyl (C=O) groups excluding carboxylic acids is 1. The first-order chi connectivity index (χ1) is 13.0. The highest BCUT2D eigenvalue weighted by molar-refractivity contribution is 9.10. The van der Waals surface area contributed by atoms with Gasteiger partial charge in [0.05, 0.1) is 10.6 Å². The van der Waals surface area contributed by atoms with E-state index in [0.29, 0.717) is 15.5 Å². The van der Waals surface area contributed by atoms with Crippen molar-refractivity contribution in [3.8, 4) is 10.4 Å². The highest BCUT2D eigenvalue weighted by Crippen LogP contribution is 2.36. The molecule has 2 N–H and O–H groups in total. The molecule has 27 heavy (non-hydrogen) atoms. The molecule has 1 aromatic heterocycles. The van der Waals surface area contributed by atoms with Crippen LogP contribution in [0.4, 0.5) is 5.69 Å². The predicted molar refractivity (Wildman–Crippen MR) is 114 cm³/mol. The molecule has 0 bridgehead atoms. The minimum Gasteiger partial charge on any atom is -0.478 e. The average molecular weight is 463 g/mol. The van der Waals surface area contributed by atoms with Crippen molar-refractivity contribution in [1.82, 2.24) is 0 Å². The Morgan fingerprint density at radius 1 is 1.11 bits per heavy atom. The number of carboxylic acid groups (broad SMARTS) is 1. The smallest absolute Gasteiger partial charge is 0.339 e. The summed E-state index contributed by atoms with van der Waals surface area (Å²) in [5.74, 6) is -1.53. The van der Waals surface area contributed by atoms with Gasteiger partial charge in [-0.2, -0.15) is 0 Å². The summed E-state index contributed by atoms with van der Waals surface area (Å²) >= 11 is 10.7. The van der Waals surface area contributed by atoms with E-state index in [1.54, 1.807) is 29.7 Å². The molecule has 3 rings (SSSR count). The Labute approximate surface area is 173 Å². The third-order valence-corrected chi connectivity index (χ3v) is 5.59. The van der Waals surface area contributed by atoms with Crippen LogP contribution in [-0.2, 0) is 4.79 Å². The van der Waals surface area contributed by atoms with Crippen LogP contribution in [0, 0.1) is 0 Å². The highest BCUT2D eigenvalue weighted by Gasteiger charge is 2.20. The van der Waals surface area contributed by atoms with E-state index in [1.165, 1.54) is 17.4 Å². The van der Waals surface area contributed by atoms with Gasteiger partial charge in [-0.05, 0) is 35.4 Å². The Hall–Kier alpha value is -2.41. The summed E-state index contributed by atoms with van der Waals surface area (Å²) < 4.78 is 0.901. The summed E-state index contributed by atoms with van der Waals surface area (Å²) in [4.78, 5) is 24.6. The second-order valence-corrected chi connectivity index (χ2v) is 7.71. The molecule has 0 unspecified atom stereocenters. The molecular weight excluding hydrogens is 450 g/mol. The van der Waals surface area contributed by atoms with Crippen LogP contribution in [0.1, 0.15) is 15.9 Å². The number of thiophene rings is 1. The molecule has 2 aromatic carbocycles. The number of aromatic carboxylic acids is 1. The third kappa shape index (κ3) is 4.66. The van der Waals surface area contributed by atoms with Crippen LogP contribution in [0.2, 0.25) is 5.02 Å². The first-order valence-electron chi connectivity index (χ1n) is 7.80. The Balaban J connectivity index is 1.85. The number of amides is 1. The van der Waals surface area contributed by atoms with E-state index in [9.17, 15) is 14.7 Å². The van der Waals surface area contributed by atoms with E-state index in [1.807, 2.05) is 30.3 Å². The molecule has 3 aromatic rings. The molecule has 0 aliphatic heterocycles. The molecule has 0 aliphatic rings. The molecule has 0 radical (unpaired) electrons. The number of benzene rings is 2. The van der Waals surface area contributed by atoms with Crippen molar-refractivity contribution in [2.45, 2.75) is 0 Å². The molecule has 136 valence electrons. The van der Waals surface area contributed by atoms with Crippen LogP contribution in [0.5, 0.6) is 0 Å². The molecule has 0 atom stereocenters. The third-order valence-electron chi connectivity index (χ3n) is 3.69. The van der Waals surface area contributed by atoms with Gasteiger partial charge in [-0.25, -0.2) is 4.79 Å². The number of hydrogen-bond acceptors (Lipinski definition) is 3. The number of rotatable bonds is 5. The SMILES string of the molecule is O=C(/C=C/c1ccccc1Cl)Nc1csc(-c2ccc(Br)cc2)c1C(=O)O. The van der Waals surface area contributed by atoms with Crippen LogP contribution in [-0.4, -0.2) is 17.0 Å². The molecule has 0 fully saturated rings. The lowest BCUT2D eigenvalue weighted by molar-refractivity contribution is -0.111. The lowest BCUT2D eigenvalue weighted by Crippen LogP contribution is -2.11. The van der Waals surface area contributed by atoms with Crippen LogP contribution < -0.4 is 5.32 Å². The van der Waals surface area contributed by atoms with Crippen molar-refractivity contribution in [1.29, 1.82) is 0 Å². The van der Waals surface area contributed by atoms with Crippen molar-refractivity contribution >= 4 is 62.5 Å². The fourth-order valence-corrected chi connectivity index (χ4v) is 3.89. The first-order valence-corrected chi connectivity index (χ1v) is 9.85. The Morgan fingerprint density at radius 3 is 2.48 bits per heavy atom. The van der Waals surface area contributed by atoms with Gasteiger partial charge in [0.15, 0.2) is 0 Å². The minimum absolute atomic E-state index is 0.0711. The minimum atomic E-state index is -1.10. The Kier molecular flexibility index (Phi) is 6.11. The standard InChI is InChI=1S/C20H13BrClNO3S/c21-14-8-5-13(6-9-14)19-18(20(25)26)16(11-27-19)23-17(24)10-7-12-3-1-2-4-15(12)22/h1-11H,(H,23,24)(H,25,26)/b10-7+. The van der Waals surface area contributed by atoms with E-state index in [-0.39, 0.29) is 11.3 Å². The molecule has 1 amide bonds. The van der Waals surface area contributed by atoms with Gasteiger partial charge in [-0.15, -0.1) is 11.3 Å². The summed E-state index contributed by atoms with van der Waals surface area (Å²) in [7, 11) is 0. The number of anilines is 1. The summed E-state index contributed by atoms with van der Waals surface area (Å²) in [6.45, 7) is 0. The molecule has 0 spiro atoms. The molecule has 7 heteroatoms. The van der Waals surface area contributed by atoms with Gasteiger partial charge in [0.25, 0.3) is 0 Å². The van der Waals surface area contributed by atoms with Crippen molar-refractivity contribution in [3.63, 3.8) is 0 Å². The van der Waals surface area contributed by atoms with Gasteiger partial charge >= 0.3 is 5.97 Å². The van der Waals surface area contributed by atoms with Crippen LogP contribution in [0.15, 0.2) is 64.5 Å². The fourth-order valence-electron chi connectivity index (χ4n) is 2.43. The zero-order chi connectivity index (χ0) is 19.4. The maximum atomic E-state index is 12.2. The monoisotopic (exact) mass is 461 g/mol. The average Bonchev–Trinajstić information content (AvgIpc) is 3.05. The van der Waals surface area contributed by atoms with Crippen molar-refractivity contribution in [3.05, 3.63) is 80.6 Å². The van der Waals surface area contributed by atoms with E-state index >= 15 is 0 Å². The number of hydrogen-bond donors (Lipinski definition) is 2. The predicted octanol–water partition coefficient (Wildman–Crippen LogP) is 6.18. The number of carbonyl (C=O) groups is 2. The largest absolute Gasteiger partial charge is 0.478 e. The zero-order valence-electron chi connectivity index (χ0n) is 13.8. The van der Waals surface area contributed by atoms with Crippen molar-refractivity contribution in [2.75, 3.05) is 5.32 Å². The van der Waals surface area contributed by atoms with E-state index in [4.69, 9.17) is 11.6 Å². The normalized spacial score (nSPS) is 10.9. The van der Waals surface area contributed by atoms with Crippen molar-refractivity contribution in [2.24, 2.45) is 0 Å². The van der Waals surface area contributed by atoms with Crippen LogP contribution in [0.3, 0.4) is 0 Å². The second-order valence-electron chi connectivity index (χ2n) is 5.51. The van der Waals surface area contributed by atoms with Gasteiger partial charge in [0, 0.05) is 21.0 Å². The topological polar surface area (TPSA) is 66.4 Å². The summed E-state index contributed by atoms with van der Waals surface area (Å²) in [6.07, 6.45) is 2.91. The van der Waals surface area contributed by atoms with Gasteiger partial charge in [0.2, 0.25) is 5.91 Å². The van der Waals surface area contributed by atoms with Gasteiger partial charge in [0.1, 0.15) is 5.56 Å². The molecule has 0 aliphatic carbocycles. The van der Waals surface area contributed by atoms with E-state index < -0.39 is 11.9 Å². The molecule has 4 nitrogen and oxygen atoms in total. The summed E-state index contributed by atoms with van der Waals surface area (Å²) in [5, 5.41) is 14.4. The van der Waals surface area contributed by atoms with Gasteiger partial charge < -0.3 is 10.4 Å². The molecule has 0 saturated carbocycles. The maximum Gasteiger partial charge on any atom is 0.339 e. The van der Waals surface area contributed by atoms with Gasteiger partial charge in [-0.1, -0.05) is 57.9 Å². The van der Waals surface area contributed by atoms with E-state index in [0.717, 1.165) is 10.0 Å². The fraction of sp³-hybridized carbons (Fsp3) is 0. The Morgan fingerprint density at radius 2 is 1.81 bits per heavy atom. The maximum absolute atomic E-state index is 12.2. The lowest BCUT2D eigenvalue weighted by atomic mass is 10.1. The summed E-state index contributed by atoms with van der Waals surface area (Å²) in [6, 6.07) is 14.5. The lowest BCUT2D eigenvalue weighted by Gasteiger charge is -2.05. The summed E-state index contributed by atoms with van der Waals surface area (Å²) in [5.41, 5.74) is 1.81.